The lowest BCUT2D eigenvalue weighted by molar-refractivity contribution is -0.296. The summed E-state index contributed by atoms with van der Waals surface area (Å²) in [5.41, 5.74) is -0.469. The molecule has 1 aliphatic carbocycles. The van der Waals surface area contributed by atoms with Crippen molar-refractivity contribution in [3.8, 4) is 0 Å². The van der Waals surface area contributed by atoms with Gasteiger partial charge in [0.2, 0.25) is 0 Å². The van der Waals surface area contributed by atoms with Crippen molar-refractivity contribution in [1.29, 1.82) is 0 Å². The molecule has 3 rings (SSSR count). The molecule has 1 saturated carbocycles. The Bertz CT molecular complexity index is 174. The summed E-state index contributed by atoms with van der Waals surface area (Å²) in [7, 11) is 0. The predicted octanol–water partition coefficient (Wildman–Crippen LogP) is 0.193. The molecule has 0 unspecified atom stereocenters. The molecule has 4 heteroatoms. The molecule has 2 saturated heterocycles. The molecule has 0 aromatic rings. The van der Waals surface area contributed by atoms with Crippen molar-refractivity contribution in [2.24, 2.45) is 0 Å². The van der Waals surface area contributed by atoms with E-state index >= 15 is 0 Å². The lowest BCUT2D eigenvalue weighted by atomic mass is 9.81. The van der Waals surface area contributed by atoms with E-state index in [1.165, 1.54) is 12.8 Å². The maximum Gasteiger partial charge on any atom is 0.162 e. The van der Waals surface area contributed by atoms with Gasteiger partial charge in [0.05, 0.1) is 13.2 Å². The van der Waals surface area contributed by atoms with E-state index in [0.29, 0.717) is 0 Å². The third kappa shape index (κ3) is 1.08. The molecule has 0 aromatic carbocycles. The molecule has 4 nitrogen and oxygen atoms in total. The van der Waals surface area contributed by atoms with E-state index in [-0.39, 0.29) is 11.4 Å². The molecule has 0 amide bonds. The zero-order valence-corrected chi connectivity index (χ0v) is 8.47. The zero-order chi connectivity index (χ0) is 9.49. The van der Waals surface area contributed by atoms with Gasteiger partial charge in [0, 0.05) is 13.1 Å². The summed E-state index contributed by atoms with van der Waals surface area (Å²) >= 11 is 0. The molecule has 2 N–H and O–H groups in total. The summed E-state index contributed by atoms with van der Waals surface area (Å²) in [6, 6.07) is 0. The normalized spacial score (nSPS) is 48.0. The Labute approximate surface area is 84.3 Å². The maximum atomic E-state index is 5.97. The van der Waals surface area contributed by atoms with Crippen LogP contribution in [0.2, 0.25) is 0 Å². The number of hydrogen-bond donors (Lipinski definition) is 2. The summed E-state index contributed by atoms with van der Waals surface area (Å²) in [5.74, 6) is 0. The topological polar surface area (TPSA) is 42.5 Å². The average molecular weight is 198 g/mol. The van der Waals surface area contributed by atoms with Crippen molar-refractivity contribution < 1.29 is 9.47 Å². The van der Waals surface area contributed by atoms with Gasteiger partial charge in [-0.25, -0.2) is 0 Å². The van der Waals surface area contributed by atoms with Gasteiger partial charge in [0.1, 0.15) is 0 Å². The number of rotatable bonds is 0. The van der Waals surface area contributed by atoms with Crippen LogP contribution in [0.25, 0.3) is 0 Å². The number of ether oxygens (including phenoxy) is 2. The molecule has 0 radical (unpaired) electrons. The van der Waals surface area contributed by atoms with Gasteiger partial charge in [0.25, 0.3) is 0 Å². The lowest BCUT2D eigenvalue weighted by Crippen LogP contribution is -2.78. The first-order valence-electron chi connectivity index (χ1n) is 5.65. The van der Waals surface area contributed by atoms with E-state index in [4.69, 9.17) is 9.47 Å². The molecule has 2 atom stereocenters. The van der Waals surface area contributed by atoms with Gasteiger partial charge in [0.15, 0.2) is 11.4 Å². The quantitative estimate of drug-likeness (QED) is 0.583. The van der Waals surface area contributed by atoms with Crippen molar-refractivity contribution in [2.45, 2.75) is 37.1 Å². The zero-order valence-electron chi connectivity index (χ0n) is 8.47. The Morgan fingerprint density at radius 1 is 0.786 bits per heavy atom. The fourth-order valence-corrected chi connectivity index (χ4v) is 3.05. The van der Waals surface area contributed by atoms with Crippen LogP contribution < -0.4 is 10.6 Å². The minimum Gasteiger partial charge on any atom is -0.355 e. The molecular weight excluding hydrogens is 180 g/mol. The highest BCUT2D eigenvalue weighted by molar-refractivity contribution is 5.05. The second-order valence-electron chi connectivity index (χ2n) is 4.41. The van der Waals surface area contributed by atoms with Crippen LogP contribution in [-0.4, -0.2) is 37.8 Å². The Balaban J connectivity index is 1.94. The van der Waals surface area contributed by atoms with E-state index in [1.807, 2.05) is 0 Å². The summed E-state index contributed by atoms with van der Waals surface area (Å²) in [6.45, 7) is 3.39. The highest BCUT2D eigenvalue weighted by Gasteiger charge is 2.58. The van der Waals surface area contributed by atoms with E-state index in [9.17, 15) is 0 Å². The molecule has 0 aromatic heterocycles. The first kappa shape index (κ1) is 9.09. The Hall–Kier alpha value is -0.160. The van der Waals surface area contributed by atoms with Crippen LogP contribution in [0, 0.1) is 0 Å². The molecule has 3 aliphatic rings. The Morgan fingerprint density at radius 3 is 1.79 bits per heavy atom. The minimum absolute atomic E-state index is 0.234. The fraction of sp³-hybridized carbons (Fsp3) is 1.00. The molecule has 2 aliphatic heterocycles. The molecule has 2 heterocycles. The van der Waals surface area contributed by atoms with Gasteiger partial charge in [-0.3, -0.25) is 10.6 Å². The third-order valence-corrected chi connectivity index (χ3v) is 3.68. The van der Waals surface area contributed by atoms with Gasteiger partial charge in [-0.15, -0.1) is 0 Å². The van der Waals surface area contributed by atoms with Crippen molar-refractivity contribution in [1.82, 2.24) is 10.6 Å². The average Bonchev–Trinajstić information content (AvgIpc) is 2.27. The van der Waals surface area contributed by atoms with Crippen molar-refractivity contribution in [2.75, 3.05) is 26.3 Å². The van der Waals surface area contributed by atoms with Crippen LogP contribution in [0.1, 0.15) is 25.7 Å². The van der Waals surface area contributed by atoms with E-state index in [0.717, 1.165) is 39.1 Å². The van der Waals surface area contributed by atoms with Gasteiger partial charge in [-0.1, -0.05) is 0 Å². The first-order valence-corrected chi connectivity index (χ1v) is 5.65. The van der Waals surface area contributed by atoms with E-state index < -0.39 is 0 Å². The summed E-state index contributed by atoms with van der Waals surface area (Å²) < 4.78 is 11.9. The van der Waals surface area contributed by atoms with Gasteiger partial charge < -0.3 is 9.47 Å². The van der Waals surface area contributed by atoms with E-state index in [1.54, 1.807) is 0 Å². The minimum atomic E-state index is -0.234. The van der Waals surface area contributed by atoms with Crippen LogP contribution in [0.3, 0.4) is 0 Å². The van der Waals surface area contributed by atoms with E-state index in [2.05, 4.69) is 10.6 Å². The largest absolute Gasteiger partial charge is 0.355 e. The lowest BCUT2D eigenvalue weighted by Gasteiger charge is -2.58. The van der Waals surface area contributed by atoms with Crippen LogP contribution in [-0.2, 0) is 9.47 Å². The van der Waals surface area contributed by atoms with Crippen LogP contribution in [0.5, 0.6) is 0 Å². The molecule has 0 spiro atoms. The Kier molecular flexibility index (Phi) is 2.06. The molecule has 3 fully saturated rings. The van der Waals surface area contributed by atoms with Crippen molar-refractivity contribution in [3.63, 3.8) is 0 Å². The standard InChI is InChI=1S/C10H18N2O2/c1-2-4-10-9(3-1,11-5-8-14-10)13-7-6-12-10/h11-12H,1-8H2/t9-,10+. The smallest absolute Gasteiger partial charge is 0.162 e. The summed E-state index contributed by atoms with van der Waals surface area (Å²) in [6.07, 6.45) is 4.61. The Morgan fingerprint density at radius 2 is 1.29 bits per heavy atom. The first-order chi connectivity index (χ1) is 6.87. The van der Waals surface area contributed by atoms with Gasteiger partial charge in [-0.2, -0.15) is 0 Å². The van der Waals surface area contributed by atoms with Gasteiger partial charge in [-0.05, 0) is 25.7 Å². The van der Waals surface area contributed by atoms with Crippen LogP contribution >= 0.6 is 0 Å². The third-order valence-electron chi connectivity index (χ3n) is 3.68. The highest BCUT2D eigenvalue weighted by Crippen LogP contribution is 2.42. The fourth-order valence-electron chi connectivity index (χ4n) is 3.05. The highest BCUT2D eigenvalue weighted by atomic mass is 16.6. The maximum absolute atomic E-state index is 5.97. The summed E-state index contributed by atoms with van der Waals surface area (Å²) in [5, 5.41) is 7.04. The number of morpholine rings is 2. The molecular formula is C10H18N2O2. The molecule has 80 valence electrons. The van der Waals surface area contributed by atoms with Crippen molar-refractivity contribution in [3.05, 3.63) is 0 Å². The molecule has 14 heavy (non-hydrogen) atoms. The molecule has 0 bridgehead atoms. The second kappa shape index (κ2) is 3.17. The number of nitrogens with one attached hydrogen (secondary N) is 2. The number of hydrogen-bond acceptors (Lipinski definition) is 4. The SMILES string of the molecule is C1CC[C@]23NCCO[C@]2(C1)NCCO3. The second-order valence-corrected chi connectivity index (χ2v) is 4.41. The van der Waals surface area contributed by atoms with Crippen LogP contribution in [0.15, 0.2) is 0 Å². The van der Waals surface area contributed by atoms with Crippen molar-refractivity contribution >= 4 is 0 Å². The predicted molar refractivity (Wildman–Crippen MR) is 51.8 cm³/mol. The summed E-state index contributed by atoms with van der Waals surface area (Å²) in [4.78, 5) is 0. The monoisotopic (exact) mass is 198 g/mol. The van der Waals surface area contributed by atoms with Crippen LogP contribution in [0.4, 0.5) is 0 Å². The van der Waals surface area contributed by atoms with Gasteiger partial charge >= 0.3 is 0 Å².